The van der Waals surface area contributed by atoms with Crippen molar-refractivity contribution < 1.29 is 23.0 Å². The molecule has 0 aliphatic carbocycles. The van der Waals surface area contributed by atoms with Crippen LogP contribution in [-0.2, 0) is 14.3 Å². The zero-order valence-electron chi connectivity index (χ0n) is 7.55. The lowest BCUT2D eigenvalue weighted by Gasteiger charge is -2.13. The van der Waals surface area contributed by atoms with Crippen LogP contribution in [0.1, 0.15) is 13.8 Å². The molecule has 0 aromatic carbocycles. The average Bonchev–Trinajstić information content (AvgIpc) is 2.00. The van der Waals surface area contributed by atoms with Gasteiger partial charge >= 0.3 is 5.97 Å². The molecule has 1 unspecified atom stereocenters. The minimum atomic E-state index is -2.56. The van der Waals surface area contributed by atoms with Crippen molar-refractivity contribution in [3.05, 3.63) is 12.2 Å². The minimum Gasteiger partial charge on any atom is -0.433 e. The number of ether oxygens (including phenoxy) is 2. The molecule has 0 aliphatic rings. The zero-order chi connectivity index (χ0) is 10.4. The highest BCUT2D eigenvalue weighted by Gasteiger charge is 2.12. The standard InChI is InChI=1S/C8H12F2O3/c1-5(2)8(11)13-6(3)12-4-7(9)10/h6-7H,1,4H2,2-3H3. The summed E-state index contributed by atoms with van der Waals surface area (Å²) in [4.78, 5) is 10.8. The van der Waals surface area contributed by atoms with Crippen molar-refractivity contribution in [3.8, 4) is 0 Å². The fourth-order valence-electron chi connectivity index (χ4n) is 0.494. The number of hydrogen-bond acceptors (Lipinski definition) is 3. The van der Waals surface area contributed by atoms with E-state index in [1.54, 1.807) is 0 Å². The van der Waals surface area contributed by atoms with Gasteiger partial charge < -0.3 is 9.47 Å². The van der Waals surface area contributed by atoms with Crippen LogP contribution in [0.5, 0.6) is 0 Å². The van der Waals surface area contributed by atoms with Gasteiger partial charge in [-0.25, -0.2) is 13.6 Å². The highest BCUT2D eigenvalue weighted by molar-refractivity contribution is 5.86. The molecule has 0 saturated heterocycles. The molecule has 0 bridgehead atoms. The van der Waals surface area contributed by atoms with Crippen LogP contribution in [0, 0.1) is 0 Å². The van der Waals surface area contributed by atoms with Crippen LogP contribution in [0.2, 0.25) is 0 Å². The summed E-state index contributed by atoms with van der Waals surface area (Å²) in [5.41, 5.74) is 0.201. The molecule has 0 heterocycles. The summed E-state index contributed by atoms with van der Waals surface area (Å²) in [6.07, 6.45) is -3.54. The number of carbonyl (C=O) groups is 1. The van der Waals surface area contributed by atoms with Crippen molar-refractivity contribution in [1.82, 2.24) is 0 Å². The molecule has 3 nitrogen and oxygen atoms in total. The van der Waals surface area contributed by atoms with Crippen molar-refractivity contribution in [2.75, 3.05) is 6.61 Å². The first kappa shape index (κ1) is 12.0. The highest BCUT2D eigenvalue weighted by atomic mass is 19.3. The Hall–Kier alpha value is -0.970. The van der Waals surface area contributed by atoms with Gasteiger partial charge in [0.05, 0.1) is 0 Å². The van der Waals surface area contributed by atoms with E-state index in [1.807, 2.05) is 0 Å². The van der Waals surface area contributed by atoms with E-state index in [9.17, 15) is 13.6 Å². The summed E-state index contributed by atoms with van der Waals surface area (Å²) in [6.45, 7) is 5.40. The van der Waals surface area contributed by atoms with Gasteiger partial charge in [-0.3, -0.25) is 0 Å². The molecule has 76 valence electrons. The molecule has 0 rings (SSSR count). The molecule has 0 amide bonds. The van der Waals surface area contributed by atoms with Gasteiger partial charge in [-0.05, 0) is 13.8 Å². The third-order valence-electron chi connectivity index (χ3n) is 1.08. The SMILES string of the molecule is C=C(C)C(=O)OC(C)OCC(F)F. The molecule has 13 heavy (non-hydrogen) atoms. The number of esters is 1. The van der Waals surface area contributed by atoms with Gasteiger partial charge in [-0.1, -0.05) is 6.58 Å². The van der Waals surface area contributed by atoms with Gasteiger partial charge in [0.2, 0.25) is 6.29 Å². The zero-order valence-corrected chi connectivity index (χ0v) is 7.55. The van der Waals surface area contributed by atoms with Crippen LogP contribution >= 0.6 is 0 Å². The van der Waals surface area contributed by atoms with Crippen LogP contribution < -0.4 is 0 Å². The van der Waals surface area contributed by atoms with E-state index in [0.717, 1.165) is 0 Å². The van der Waals surface area contributed by atoms with Crippen LogP contribution in [0.25, 0.3) is 0 Å². The summed E-state index contributed by atoms with van der Waals surface area (Å²) in [7, 11) is 0. The predicted molar refractivity (Wildman–Crippen MR) is 42.3 cm³/mol. The minimum absolute atomic E-state index is 0.201. The lowest BCUT2D eigenvalue weighted by atomic mass is 10.4. The molecular weight excluding hydrogens is 182 g/mol. The lowest BCUT2D eigenvalue weighted by molar-refractivity contribution is -0.176. The molecule has 0 spiro atoms. The van der Waals surface area contributed by atoms with Crippen LogP contribution in [-0.4, -0.2) is 25.3 Å². The van der Waals surface area contributed by atoms with Gasteiger partial charge in [0.1, 0.15) is 6.61 Å². The maximum Gasteiger partial charge on any atom is 0.335 e. The van der Waals surface area contributed by atoms with Gasteiger partial charge in [0.15, 0.2) is 0 Å². The molecule has 0 aromatic rings. The number of alkyl halides is 2. The second kappa shape index (κ2) is 5.64. The Morgan fingerprint density at radius 3 is 2.46 bits per heavy atom. The van der Waals surface area contributed by atoms with Crippen molar-refractivity contribution >= 4 is 5.97 Å². The Labute approximate surface area is 75.3 Å². The number of hydrogen-bond donors (Lipinski definition) is 0. The second-order valence-corrected chi connectivity index (χ2v) is 2.48. The van der Waals surface area contributed by atoms with Gasteiger partial charge in [0, 0.05) is 5.57 Å². The maximum atomic E-state index is 11.6. The smallest absolute Gasteiger partial charge is 0.335 e. The maximum absolute atomic E-state index is 11.6. The average molecular weight is 194 g/mol. The fourth-order valence-corrected chi connectivity index (χ4v) is 0.494. The Kier molecular flexibility index (Phi) is 5.22. The van der Waals surface area contributed by atoms with E-state index < -0.39 is 25.3 Å². The first-order valence-electron chi connectivity index (χ1n) is 3.69. The monoisotopic (exact) mass is 194 g/mol. The van der Waals surface area contributed by atoms with Gasteiger partial charge in [-0.2, -0.15) is 0 Å². The Morgan fingerprint density at radius 1 is 1.54 bits per heavy atom. The third kappa shape index (κ3) is 6.21. The van der Waals surface area contributed by atoms with Crippen LogP contribution in [0.15, 0.2) is 12.2 Å². The normalized spacial score (nSPS) is 12.7. The molecule has 0 aliphatic heterocycles. The summed E-state index contributed by atoms with van der Waals surface area (Å²) in [5, 5.41) is 0. The van der Waals surface area contributed by atoms with E-state index in [1.165, 1.54) is 13.8 Å². The molecule has 0 N–H and O–H groups in total. The number of rotatable bonds is 5. The molecule has 0 radical (unpaired) electrons. The van der Waals surface area contributed by atoms with Crippen molar-refractivity contribution in [3.63, 3.8) is 0 Å². The summed E-state index contributed by atoms with van der Waals surface area (Å²) >= 11 is 0. The van der Waals surface area contributed by atoms with Crippen LogP contribution in [0.4, 0.5) is 8.78 Å². The molecule has 0 saturated carbocycles. The molecule has 0 fully saturated rings. The molecular formula is C8H12F2O3. The Bertz CT molecular complexity index is 192. The summed E-state index contributed by atoms with van der Waals surface area (Å²) < 4.78 is 32.3. The van der Waals surface area contributed by atoms with E-state index >= 15 is 0 Å². The summed E-state index contributed by atoms with van der Waals surface area (Å²) in [6, 6.07) is 0. The van der Waals surface area contributed by atoms with E-state index in [0.29, 0.717) is 0 Å². The lowest BCUT2D eigenvalue weighted by Crippen LogP contribution is -2.21. The topological polar surface area (TPSA) is 35.5 Å². The second-order valence-electron chi connectivity index (χ2n) is 2.48. The molecule has 5 heteroatoms. The van der Waals surface area contributed by atoms with E-state index in [2.05, 4.69) is 16.1 Å². The van der Waals surface area contributed by atoms with Crippen molar-refractivity contribution in [2.45, 2.75) is 26.6 Å². The number of halogens is 2. The number of carbonyl (C=O) groups excluding carboxylic acids is 1. The highest BCUT2D eigenvalue weighted by Crippen LogP contribution is 2.02. The largest absolute Gasteiger partial charge is 0.433 e. The van der Waals surface area contributed by atoms with E-state index in [-0.39, 0.29) is 5.57 Å². The predicted octanol–water partition coefficient (Wildman–Crippen LogP) is 1.73. The van der Waals surface area contributed by atoms with Crippen molar-refractivity contribution in [2.24, 2.45) is 0 Å². The first-order valence-corrected chi connectivity index (χ1v) is 3.69. The molecule has 0 aromatic heterocycles. The quantitative estimate of drug-likeness (QED) is 0.380. The Morgan fingerprint density at radius 2 is 2.08 bits per heavy atom. The third-order valence-corrected chi connectivity index (χ3v) is 1.08. The Balaban J connectivity index is 3.68. The summed E-state index contributed by atoms with van der Waals surface area (Å²) in [5.74, 6) is -0.651. The van der Waals surface area contributed by atoms with E-state index in [4.69, 9.17) is 0 Å². The van der Waals surface area contributed by atoms with Crippen molar-refractivity contribution in [1.29, 1.82) is 0 Å². The first-order chi connectivity index (χ1) is 5.93. The molecule has 1 atom stereocenters. The van der Waals surface area contributed by atoms with Gasteiger partial charge in [-0.15, -0.1) is 0 Å². The van der Waals surface area contributed by atoms with Crippen LogP contribution in [0.3, 0.4) is 0 Å². The van der Waals surface area contributed by atoms with Gasteiger partial charge in [0.25, 0.3) is 6.43 Å². The fraction of sp³-hybridized carbons (Fsp3) is 0.625.